The van der Waals surface area contributed by atoms with Crippen molar-refractivity contribution in [1.29, 1.82) is 0 Å². The molecule has 5 heterocycles. The maximum Gasteiger partial charge on any atom is 0.252 e. The summed E-state index contributed by atoms with van der Waals surface area (Å²) in [5, 5.41) is 2.31. The lowest BCUT2D eigenvalue weighted by molar-refractivity contribution is 1.06. The van der Waals surface area contributed by atoms with Crippen LogP contribution in [0.15, 0.2) is 309 Å². The average Bonchev–Trinajstić information content (AvgIpc) is 1.45. The Balaban J connectivity index is 0.829. The number of hydrogen-bond donors (Lipinski definition) is 0. The van der Waals surface area contributed by atoms with Crippen LogP contribution in [0.25, 0.3) is 107 Å². The Bertz CT molecular complexity index is 5080. The van der Waals surface area contributed by atoms with Crippen molar-refractivity contribution in [2.24, 2.45) is 0 Å². The van der Waals surface area contributed by atoms with Gasteiger partial charge in [0, 0.05) is 78.3 Å². The van der Waals surface area contributed by atoms with Crippen LogP contribution in [0.4, 0.5) is 34.1 Å². The molecule has 0 radical (unpaired) electrons. The molecule has 88 heavy (non-hydrogen) atoms. The monoisotopic (exact) mass is 1120 g/mol. The van der Waals surface area contributed by atoms with Gasteiger partial charge in [0.2, 0.25) is 0 Å². The number of nitrogens with zero attached hydrogens (tertiary/aromatic N) is 8. The molecule has 3 aromatic heterocycles. The number of anilines is 6. The molecule has 9 heteroatoms. The molecule has 0 unspecified atom stereocenters. The lowest BCUT2D eigenvalue weighted by Crippen LogP contribution is -2.61. The zero-order valence-electron chi connectivity index (χ0n) is 47.6. The van der Waals surface area contributed by atoms with Crippen LogP contribution in [0.2, 0.25) is 0 Å². The van der Waals surface area contributed by atoms with Crippen LogP contribution in [0.3, 0.4) is 0 Å². The van der Waals surface area contributed by atoms with E-state index in [-0.39, 0.29) is 6.71 Å². The molecule has 12 aromatic carbocycles. The molecule has 0 saturated carbocycles. The summed E-state index contributed by atoms with van der Waals surface area (Å²) in [5.74, 6) is 2.28. The zero-order valence-corrected chi connectivity index (χ0v) is 47.6. The fourth-order valence-electron chi connectivity index (χ4n) is 13.3. The van der Waals surface area contributed by atoms with E-state index in [0.29, 0.717) is 23.3 Å². The molecule has 17 rings (SSSR count). The van der Waals surface area contributed by atoms with Gasteiger partial charge in [-0.15, -0.1) is 0 Å². The minimum Gasteiger partial charge on any atom is -0.311 e. The van der Waals surface area contributed by atoms with Crippen LogP contribution in [-0.4, -0.2) is 36.2 Å². The van der Waals surface area contributed by atoms with Crippen LogP contribution < -0.4 is 26.2 Å². The van der Waals surface area contributed by atoms with Crippen molar-refractivity contribution in [3.05, 3.63) is 309 Å². The van der Waals surface area contributed by atoms with Gasteiger partial charge < -0.3 is 14.4 Å². The molecule has 0 bridgehead atoms. The second-order valence-electron chi connectivity index (χ2n) is 22.4. The van der Waals surface area contributed by atoms with Crippen molar-refractivity contribution in [3.8, 4) is 84.9 Å². The minimum absolute atomic E-state index is 0.0496. The van der Waals surface area contributed by atoms with Crippen LogP contribution in [0, 0.1) is 0 Å². The van der Waals surface area contributed by atoms with Crippen molar-refractivity contribution >= 4 is 79.0 Å². The Morgan fingerprint density at radius 2 is 0.682 bits per heavy atom. The maximum atomic E-state index is 5.56. The Morgan fingerprint density at radius 1 is 0.250 bits per heavy atom. The normalized spacial score (nSPS) is 12.2. The average molecular weight is 1120 g/mol. The summed E-state index contributed by atoms with van der Waals surface area (Å²) in [5.41, 5.74) is 22.9. The molecule has 410 valence electrons. The van der Waals surface area contributed by atoms with Crippen molar-refractivity contribution in [1.82, 2.24) is 29.5 Å². The van der Waals surface area contributed by atoms with Gasteiger partial charge in [0.15, 0.2) is 23.3 Å². The van der Waals surface area contributed by atoms with E-state index in [1.165, 1.54) is 27.8 Å². The van der Waals surface area contributed by atoms with E-state index in [2.05, 4.69) is 269 Å². The largest absolute Gasteiger partial charge is 0.311 e. The number of rotatable bonds is 10. The predicted octanol–water partition coefficient (Wildman–Crippen LogP) is 17.5. The fourth-order valence-corrected chi connectivity index (χ4v) is 13.3. The van der Waals surface area contributed by atoms with E-state index in [4.69, 9.17) is 24.9 Å². The third-order valence-electron chi connectivity index (χ3n) is 17.2. The van der Waals surface area contributed by atoms with Crippen LogP contribution >= 0.6 is 0 Å². The quantitative estimate of drug-likeness (QED) is 0.126. The minimum atomic E-state index is 0.0496. The first-order valence-corrected chi connectivity index (χ1v) is 29.8. The summed E-state index contributed by atoms with van der Waals surface area (Å²) in [4.78, 5) is 31.7. The van der Waals surface area contributed by atoms with Gasteiger partial charge in [-0.3, -0.25) is 0 Å². The first kappa shape index (κ1) is 50.7. The first-order chi connectivity index (χ1) is 43.6. The van der Waals surface area contributed by atoms with Gasteiger partial charge in [0.25, 0.3) is 6.71 Å². The van der Waals surface area contributed by atoms with E-state index in [1.54, 1.807) is 0 Å². The lowest BCUT2D eigenvalue weighted by Gasteiger charge is -2.44. The molecule has 2 aliphatic heterocycles. The highest BCUT2D eigenvalue weighted by atomic mass is 15.2. The Labute approximate surface area is 509 Å². The topological polar surface area (TPSA) is 75.9 Å². The second-order valence-corrected chi connectivity index (χ2v) is 22.4. The fraction of sp³-hybridized carbons (Fsp3) is 0. The molecule has 0 fully saturated rings. The Kier molecular flexibility index (Phi) is 12.1. The molecule has 15 aromatic rings. The van der Waals surface area contributed by atoms with Crippen LogP contribution in [-0.2, 0) is 0 Å². The van der Waals surface area contributed by atoms with Gasteiger partial charge >= 0.3 is 0 Å². The van der Waals surface area contributed by atoms with E-state index in [9.17, 15) is 0 Å². The number of benzene rings is 12. The first-order valence-electron chi connectivity index (χ1n) is 29.8. The lowest BCUT2D eigenvalue weighted by atomic mass is 9.33. The van der Waals surface area contributed by atoms with Gasteiger partial charge in [0.05, 0.1) is 28.1 Å². The number of aromatic nitrogens is 6. The highest BCUT2D eigenvalue weighted by Crippen LogP contribution is 2.45. The van der Waals surface area contributed by atoms with Gasteiger partial charge in [-0.25, -0.2) is 24.9 Å². The van der Waals surface area contributed by atoms with Crippen molar-refractivity contribution < 1.29 is 0 Å². The van der Waals surface area contributed by atoms with Gasteiger partial charge in [-0.2, -0.15) is 0 Å². The Morgan fingerprint density at radius 3 is 1.32 bits per heavy atom. The van der Waals surface area contributed by atoms with E-state index >= 15 is 0 Å². The summed E-state index contributed by atoms with van der Waals surface area (Å²) in [7, 11) is 0. The molecule has 0 amide bonds. The van der Waals surface area contributed by atoms with Gasteiger partial charge in [0.1, 0.15) is 0 Å². The molecule has 0 saturated heterocycles. The summed E-state index contributed by atoms with van der Waals surface area (Å²) >= 11 is 0. The van der Waals surface area contributed by atoms with E-state index < -0.39 is 0 Å². The molecule has 0 spiro atoms. The molecule has 8 nitrogen and oxygen atoms in total. The van der Waals surface area contributed by atoms with E-state index in [0.717, 1.165) is 106 Å². The SMILES string of the molecule is c1ccc(-c2cc(-c3ccc(-n4c5ccccc5c5ccccc54)c(-c4nc(-c5ccccc5)nc(-c5cccc(-c6cccc(N7c8ccccc8B8c9ccccc9N(c9ccccc9)c9cccc7c98)c6)c5)n4)c3)nc(-c3ccccc3)n2)cc1. The highest BCUT2D eigenvalue weighted by Gasteiger charge is 2.43. The summed E-state index contributed by atoms with van der Waals surface area (Å²) in [6, 6.07) is 109. The van der Waals surface area contributed by atoms with Crippen molar-refractivity contribution in [3.63, 3.8) is 0 Å². The summed E-state index contributed by atoms with van der Waals surface area (Å²) in [6.45, 7) is 0.0496. The molecule has 0 aliphatic carbocycles. The maximum absolute atomic E-state index is 5.56. The number of fused-ring (bicyclic) bond motifs is 7. The second kappa shape index (κ2) is 21.1. The Hall–Kier alpha value is -11.8. The van der Waals surface area contributed by atoms with Crippen LogP contribution in [0.1, 0.15) is 0 Å². The number of hydrogen-bond acceptors (Lipinski definition) is 7. The van der Waals surface area contributed by atoms with E-state index in [1.807, 2.05) is 54.6 Å². The standard InChI is InChI=1S/C79H51BN8/c1-5-24-52(25-6-1)66-51-67(82-76(81-66)53-26-7-2-8-27-53)57-46-47-70(88-68-40-17-13-36-61(68)62-37-14-18-41-69(62)88)63(50-57)79-84-77(54-28-9-3-10-29-54)83-78(85-79)58-32-21-30-55(48-58)56-31-22-35-60(49-56)87-72-43-20-16-39-65(72)80-64-38-15-19-42-71(64)86(59-33-11-4-12-34-59)73-44-23-45-74(87)75(73)80/h1-51H. The smallest absolute Gasteiger partial charge is 0.252 e. The molecular weight excluding hydrogens is 1070 g/mol. The number of para-hydroxylation sites is 5. The van der Waals surface area contributed by atoms with Crippen LogP contribution in [0.5, 0.6) is 0 Å². The molecule has 0 N–H and O–H groups in total. The summed E-state index contributed by atoms with van der Waals surface area (Å²) in [6.07, 6.45) is 0. The molecule has 0 atom stereocenters. The third kappa shape index (κ3) is 8.58. The van der Waals surface area contributed by atoms with Gasteiger partial charge in [-0.1, -0.05) is 224 Å². The third-order valence-corrected chi connectivity index (χ3v) is 17.2. The summed E-state index contributed by atoms with van der Waals surface area (Å²) < 4.78 is 2.35. The molecular formula is C79H51BN8. The highest BCUT2D eigenvalue weighted by molar-refractivity contribution is 7.00. The predicted molar refractivity (Wildman–Crippen MR) is 362 cm³/mol. The van der Waals surface area contributed by atoms with Crippen molar-refractivity contribution in [2.75, 3.05) is 9.80 Å². The molecule has 2 aliphatic rings. The zero-order chi connectivity index (χ0) is 58.1. The van der Waals surface area contributed by atoms with Gasteiger partial charge in [-0.05, 0) is 112 Å². The van der Waals surface area contributed by atoms with Crippen molar-refractivity contribution in [2.45, 2.75) is 0 Å².